The summed E-state index contributed by atoms with van der Waals surface area (Å²) in [6.07, 6.45) is 6.80. The number of nitrogens with two attached hydrogens (primary N) is 1. The molecular formula is C13H21NS. The predicted molar refractivity (Wildman–Crippen MR) is 70.4 cm³/mol. The molecule has 0 fully saturated rings. The summed E-state index contributed by atoms with van der Waals surface area (Å²) in [4.78, 5) is 0. The maximum Gasteiger partial charge on any atom is 0.00467 e. The molecule has 0 heterocycles. The lowest BCUT2D eigenvalue weighted by Crippen LogP contribution is -2.20. The van der Waals surface area contributed by atoms with Gasteiger partial charge in [0, 0.05) is 6.04 Å². The van der Waals surface area contributed by atoms with E-state index in [0.717, 1.165) is 19.3 Å². The summed E-state index contributed by atoms with van der Waals surface area (Å²) in [6, 6.07) is 11.0. The number of benzene rings is 1. The van der Waals surface area contributed by atoms with Crippen molar-refractivity contribution in [3.05, 3.63) is 35.9 Å². The van der Waals surface area contributed by atoms with Crippen LogP contribution in [-0.4, -0.2) is 18.1 Å². The minimum Gasteiger partial charge on any atom is -0.328 e. The van der Waals surface area contributed by atoms with Crippen molar-refractivity contribution in [2.24, 2.45) is 5.73 Å². The Morgan fingerprint density at radius 2 is 1.93 bits per heavy atom. The van der Waals surface area contributed by atoms with Gasteiger partial charge in [0.25, 0.3) is 0 Å². The second kappa shape index (κ2) is 7.77. The van der Waals surface area contributed by atoms with Gasteiger partial charge in [-0.15, -0.1) is 0 Å². The number of hydrogen-bond donors (Lipinski definition) is 1. The zero-order valence-electron chi connectivity index (χ0n) is 9.49. The van der Waals surface area contributed by atoms with Crippen LogP contribution in [-0.2, 0) is 6.42 Å². The predicted octanol–water partition coefficient (Wildman–Crippen LogP) is 3.09. The van der Waals surface area contributed by atoms with E-state index in [2.05, 4.69) is 36.6 Å². The first-order chi connectivity index (χ1) is 7.33. The number of rotatable bonds is 7. The first kappa shape index (κ1) is 12.6. The molecule has 0 radical (unpaired) electrons. The molecule has 0 aliphatic heterocycles. The summed E-state index contributed by atoms with van der Waals surface area (Å²) in [5.41, 5.74) is 7.44. The van der Waals surface area contributed by atoms with Gasteiger partial charge in [-0.2, -0.15) is 11.8 Å². The molecule has 1 aromatic carbocycles. The summed E-state index contributed by atoms with van der Waals surface area (Å²) in [5, 5.41) is 0. The average Bonchev–Trinajstić information content (AvgIpc) is 2.28. The summed E-state index contributed by atoms with van der Waals surface area (Å²) in [5.74, 6) is 1.19. The molecule has 1 nitrogen and oxygen atoms in total. The highest BCUT2D eigenvalue weighted by Crippen LogP contribution is 2.08. The Balaban J connectivity index is 2.11. The Morgan fingerprint density at radius 1 is 1.20 bits per heavy atom. The zero-order valence-corrected chi connectivity index (χ0v) is 10.3. The van der Waals surface area contributed by atoms with E-state index in [1.54, 1.807) is 0 Å². The number of aryl methyl sites for hydroxylation is 1. The van der Waals surface area contributed by atoms with Gasteiger partial charge in [-0.05, 0) is 43.3 Å². The van der Waals surface area contributed by atoms with E-state index in [1.165, 1.54) is 17.7 Å². The van der Waals surface area contributed by atoms with Crippen LogP contribution in [0.5, 0.6) is 0 Å². The van der Waals surface area contributed by atoms with E-state index in [1.807, 2.05) is 11.8 Å². The molecule has 0 amide bonds. The Bertz CT molecular complexity index is 248. The smallest absolute Gasteiger partial charge is 0.00467 e. The SMILES string of the molecule is CSCCC(N)CCCc1ccccc1. The average molecular weight is 223 g/mol. The van der Waals surface area contributed by atoms with Gasteiger partial charge >= 0.3 is 0 Å². The normalized spacial score (nSPS) is 12.7. The molecule has 0 saturated heterocycles. The molecule has 0 bridgehead atoms. The van der Waals surface area contributed by atoms with Gasteiger partial charge in [0.15, 0.2) is 0 Å². The first-order valence-corrected chi connectivity index (χ1v) is 7.00. The van der Waals surface area contributed by atoms with Crippen molar-refractivity contribution < 1.29 is 0 Å². The molecule has 1 rings (SSSR count). The molecule has 0 aromatic heterocycles. The van der Waals surface area contributed by atoms with Gasteiger partial charge in [-0.25, -0.2) is 0 Å². The lowest BCUT2D eigenvalue weighted by atomic mass is 10.0. The molecule has 0 saturated carbocycles. The lowest BCUT2D eigenvalue weighted by molar-refractivity contribution is 0.572. The molecule has 2 N–H and O–H groups in total. The van der Waals surface area contributed by atoms with E-state index in [9.17, 15) is 0 Å². The minimum atomic E-state index is 0.390. The Morgan fingerprint density at radius 3 is 2.60 bits per heavy atom. The van der Waals surface area contributed by atoms with Crippen molar-refractivity contribution in [1.29, 1.82) is 0 Å². The highest BCUT2D eigenvalue weighted by Gasteiger charge is 2.01. The van der Waals surface area contributed by atoms with Crippen molar-refractivity contribution in [3.8, 4) is 0 Å². The van der Waals surface area contributed by atoms with Gasteiger partial charge in [0.2, 0.25) is 0 Å². The third-order valence-electron chi connectivity index (χ3n) is 2.58. The van der Waals surface area contributed by atoms with Crippen molar-refractivity contribution in [1.82, 2.24) is 0 Å². The molecule has 0 spiro atoms. The molecule has 1 aromatic rings. The van der Waals surface area contributed by atoms with Crippen LogP contribution in [0, 0.1) is 0 Å². The van der Waals surface area contributed by atoms with E-state index in [4.69, 9.17) is 5.73 Å². The van der Waals surface area contributed by atoms with Gasteiger partial charge in [-0.3, -0.25) is 0 Å². The summed E-state index contributed by atoms with van der Waals surface area (Å²) in [7, 11) is 0. The Kier molecular flexibility index (Phi) is 6.53. The monoisotopic (exact) mass is 223 g/mol. The van der Waals surface area contributed by atoms with Gasteiger partial charge in [0.05, 0.1) is 0 Å². The second-order valence-corrected chi connectivity index (χ2v) is 4.90. The highest BCUT2D eigenvalue weighted by molar-refractivity contribution is 7.98. The van der Waals surface area contributed by atoms with Crippen LogP contribution in [0.2, 0.25) is 0 Å². The summed E-state index contributed by atoms with van der Waals surface area (Å²) in [6.45, 7) is 0. The van der Waals surface area contributed by atoms with Crippen LogP contribution in [0.25, 0.3) is 0 Å². The van der Waals surface area contributed by atoms with Gasteiger partial charge < -0.3 is 5.73 Å². The third kappa shape index (κ3) is 5.85. The van der Waals surface area contributed by atoms with Gasteiger partial charge in [0.1, 0.15) is 0 Å². The third-order valence-corrected chi connectivity index (χ3v) is 3.22. The fourth-order valence-corrected chi connectivity index (χ4v) is 2.17. The zero-order chi connectivity index (χ0) is 10.9. The van der Waals surface area contributed by atoms with Gasteiger partial charge in [-0.1, -0.05) is 30.3 Å². The molecular weight excluding hydrogens is 202 g/mol. The Labute approximate surface area is 97.4 Å². The standard InChI is InChI=1S/C13H21NS/c1-15-11-10-13(14)9-5-8-12-6-3-2-4-7-12/h2-4,6-7,13H,5,8-11,14H2,1H3. The van der Waals surface area contributed by atoms with Crippen LogP contribution in [0.3, 0.4) is 0 Å². The van der Waals surface area contributed by atoms with Crippen LogP contribution in [0.15, 0.2) is 30.3 Å². The lowest BCUT2D eigenvalue weighted by Gasteiger charge is -2.10. The number of thioether (sulfide) groups is 1. The quantitative estimate of drug-likeness (QED) is 0.768. The first-order valence-electron chi connectivity index (χ1n) is 5.61. The van der Waals surface area contributed by atoms with Crippen LogP contribution >= 0.6 is 11.8 Å². The van der Waals surface area contributed by atoms with Crippen molar-refractivity contribution in [2.45, 2.75) is 31.7 Å². The summed E-state index contributed by atoms with van der Waals surface area (Å²) < 4.78 is 0. The maximum absolute atomic E-state index is 6.01. The van der Waals surface area contributed by atoms with Crippen molar-refractivity contribution in [2.75, 3.05) is 12.0 Å². The van der Waals surface area contributed by atoms with Crippen LogP contribution in [0.1, 0.15) is 24.8 Å². The molecule has 0 aliphatic rings. The van der Waals surface area contributed by atoms with E-state index in [0.29, 0.717) is 6.04 Å². The molecule has 0 aliphatic carbocycles. The van der Waals surface area contributed by atoms with Crippen LogP contribution < -0.4 is 5.73 Å². The fourth-order valence-electron chi connectivity index (χ4n) is 1.63. The second-order valence-electron chi connectivity index (χ2n) is 3.92. The highest BCUT2D eigenvalue weighted by atomic mass is 32.2. The van der Waals surface area contributed by atoms with E-state index >= 15 is 0 Å². The molecule has 84 valence electrons. The summed E-state index contributed by atoms with van der Waals surface area (Å²) >= 11 is 1.88. The van der Waals surface area contributed by atoms with E-state index in [-0.39, 0.29) is 0 Å². The molecule has 2 heteroatoms. The molecule has 15 heavy (non-hydrogen) atoms. The van der Waals surface area contributed by atoms with Crippen molar-refractivity contribution >= 4 is 11.8 Å². The topological polar surface area (TPSA) is 26.0 Å². The minimum absolute atomic E-state index is 0.390. The molecule has 1 atom stereocenters. The molecule has 1 unspecified atom stereocenters. The van der Waals surface area contributed by atoms with Crippen LogP contribution in [0.4, 0.5) is 0 Å². The number of hydrogen-bond acceptors (Lipinski definition) is 2. The fraction of sp³-hybridized carbons (Fsp3) is 0.538. The van der Waals surface area contributed by atoms with E-state index < -0.39 is 0 Å². The largest absolute Gasteiger partial charge is 0.328 e. The maximum atomic E-state index is 6.01. The van der Waals surface area contributed by atoms with Crippen molar-refractivity contribution in [3.63, 3.8) is 0 Å². The Hall–Kier alpha value is -0.470.